The molecule has 1 atom stereocenters. The summed E-state index contributed by atoms with van der Waals surface area (Å²) in [6.07, 6.45) is 0.945. The maximum Gasteiger partial charge on any atom is 0.193 e. The predicted octanol–water partition coefficient (Wildman–Crippen LogP) is 1.69. The molecule has 0 amide bonds. The average molecular weight is 479 g/mol. The first-order chi connectivity index (χ1) is 11.3. The largest absolute Gasteiger partial charge is 0.488 e. The van der Waals surface area contributed by atoms with Crippen LogP contribution in [0.3, 0.4) is 0 Å². The number of ether oxygens (including phenoxy) is 1. The lowest BCUT2D eigenvalue weighted by molar-refractivity contribution is 0.232. The normalized spacial score (nSPS) is 24.0. The number of hydrogen-bond donors (Lipinski definition) is 1. The summed E-state index contributed by atoms with van der Waals surface area (Å²) in [7, 11) is -1.33. The predicted molar refractivity (Wildman–Crippen MR) is 111 cm³/mol. The van der Waals surface area contributed by atoms with Crippen molar-refractivity contribution in [2.45, 2.75) is 31.1 Å². The van der Waals surface area contributed by atoms with Crippen LogP contribution >= 0.6 is 24.0 Å². The molecule has 3 rings (SSSR count). The highest BCUT2D eigenvalue weighted by Gasteiger charge is 2.41. The van der Waals surface area contributed by atoms with Crippen molar-refractivity contribution < 1.29 is 13.2 Å². The van der Waals surface area contributed by atoms with Crippen LogP contribution in [0.4, 0.5) is 0 Å². The number of sulfone groups is 1. The Bertz CT molecular complexity index is 724. The Morgan fingerprint density at radius 2 is 2.12 bits per heavy atom. The van der Waals surface area contributed by atoms with E-state index >= 15 is 0 Å². The van der Waals surface area contributed by atoms with Crippen LogP contribution in [0.2, 0.25) is 0 Å². The van der Waals surface area contributed by atoms with Crippen LogP contribution in [-0.2, 0) is 16.3 Å². The van der Waals surface area contributed by atoms with Crippen molar-refractivity contribution in [2.75, 3.05) is 32.4 Å². The third kappa shape index (κ3) is 4.21. The molecule has 1 saturated heterocycles. The third-order valence-electron chi connectivity index (χ3n) is 4.76. The van der Waals surface area contributed by atoms with Gasteiger partial charge in [0.1, 0.15) is 11.9 Å². The molecule has 140 valence electrons. The van der Waals surface area contributed by atoms with Crippen molar-refractivity contribution in [3.63, 3.8) is 0 Å². The zero-order chi connectivity index (χ0) is 17.4. The number of para-hydroxylation sites is 1. The molecule has 2 heterocycles. The van der Waals surface area contributed by atoms with Crippen LogP contribution in [-0.4, -0.2) is 62.6 Å². The molecule has 0 radical (unpaired) electrons. The SMILES string of the molecule is CN=C(NCC1Cc2ccccc2O1)N1CCS(=O)(=O)C(C)(C)C1.I. The summed E-state index contributed by atoms with van der Waals surface area (Å²) in [5, 5.41) is 3.34. The van der Waals surface area contributed by atoms with E-state index < -0.39 is 14.6 Å². The van der Waals surface area contributed by atoms with Crippen LogP contribution in [0.1, 0.15) is 19.4 Å². The monoisotopic (exact) mass is 479 g/mol. The van der Waals surface area contributed by atoms with Gasteiger partial charge < -0.3 is 15.0 Å². The molecule has 1 unspecified atom stereocenters. The molecule has 0 spiro atoms. The maximum atomic E-state index is 12.1. The molecule has 6 nitrogen and oxygen atoms in total. The lowest BCUT2D eigenvalue weighted by Gasteiger charge is -2.39. The number of fused-ring (bicyclic) bond motifs is 1. The van der Waals surface area contributed by atoms with Gasteiger partial charge in [-0.05, 0) is 25.5 Å². The molecular formula is C17H26IN3O3S. The molecule has 1 fully saturated rings. The summed E-state index contributed by atoms with van der Waals surface area (Å²) < 4.78 is 29.5. The van der Waals surface area contributed by atoms with Crippen molar-refractivity contribution in [2.24, 2.45) is 4.99 Å². The highest BCUT2D eigenvalue weighted by Crippen LogP contribution is 2.28. The Kier molecular flexibility index (Phi) is 6.24. The number of nitrogens with one attached hydrogen (secondary N) is 1. The maximum absolute atomic E-state index is 12.1. The topological polar surface area (TPSA) is 71.0 Å². The van der Waals surface area contributed by atoms with Crippen LogP contribution in [0, 0.1) is 0 Å². The molecule has 0 bridgehead atoms. The van der Waals surface area contributed by atoms with Crippen molar-refractivity contribution in [1.29, 1.82) is 0 Å². The van der Waals surface area contributed by atoms with Crippen LogP contribution in [0.5, 0.6) is 5.75 Å². The highest BCUT2D eigenvalue weighted by molar-refractivity contribution is 14.0. The van der Waals surface area contributed by atoms with Gasteiger partial charge in [-0.2, -0.15) is 0 Å². The first-order valence-corrected chi connectivity index (χ1v) is 9.90. The Labute approximate surface area is 167 Å². The second-order valence-electron chi connectivity index (χ2n) is 6.98. The van der Waals surface area contributed by atoms with Crippen molar-refractivity contribution in [3.8, 4) is 5.75 Å². The Morgan fingerprint density at radius 1 is 1.40 bits per heavy atom. The molecule has 1 aromatic carbocycles. The molecule has 0 aliphatic carbocycles. The Balaban J connectivity index is 0.00000225. The van der Waals surface area contributed by atoms with Gasteiger partial charge in [0.15, 0.2) is 15.8 Å². The second kappa shape index (κ2) is 7.69. The van der Waals surface area contributed by atoms with E-state index in [4.69, 9.17) is 4.74 Å². The van der Waals surface area contributed by atoms with E-state index in [1.165, 1.54) is 5.56 Å². The fourth-order valence-electron chi connectivity index (χ4n) is 3.23. The number of hydrogen-bond acceptors (Lipinski definition) is 4. The van der Waals surface area contributed by atoms with Gasteiger partial charge >= 0.3 is 0 Å². The second-order valence-corrected chi connectivity index (χ2v) is 9.72. The van der Waals surface area contributed by atoms with E-state index in [1.807, 2.05) is 23.1 Å². The van der Waals surface area contributed by atoms with Gasteiger partial charge in [-0.3, -0.25) is 4.99 Å². The van der Waals surface area contributed by atoms with E-state index in [0.29, 0.717) is 19.6 Å². The summed E-state index contributed by atoms with van der Waals surface area (Å²) >= 11 is 0. The molecule has 1 N–H and O–H groups in total. The Morgan fingerprint density at radius 3 is 2.76 bits per heavy atom. The van der Waals surface area contributed by atoms with Crippen LogP contribution in [0.25, 0.3) is 0 Å². The highest BCUT2D eigenvalue weighted by atomic mass is 127. The van der Waals surface area contributed by atoms with E-state index in [2.05, 4.69) is 16.4 Å². The van der Waals surface area contributed by atoms with Crippen molar-refractivity contribution in [1.82, 2.24) is 10.2 Å². The molecule has 1 aromatic rings. The minimum Gasteiger partial charge on any atom is -0.488 e. The zero-order valence-electron chi connectivity index (χ0n) is 14.9. The van der Waals surface area contributed by atoms with Gasteiger partial charge in [-0.1, -0.05) is 18.2 Å². The van der Waals surface area contributed by atoms with E-state index in [-0.39, 0.29) is 35.8 Å². The van der Waals surface area contributed by atoms with Crippen LogP contribution in [0.15, 0.2) is 29.3 Å². The quantitative estimate of drug-likeness (QED) is 0.397. The fraction of sp³-hybridized carbons (Fsp3) is 0.588. The standard InChI is InChI=1S/C17H25N3O3S.HI/c1-17(2)12-20(8-9-24(17,21)22)16(18-3)19-11-14-10-13-6-4-5-7-15(13)23-14;/h4-7,14H,8-12H2,1-3H3,(H,18,19);1H. The molecule has 2 aliphatic heterocycles. The summed E-state index contributed by atoms with van der Waals surface area (Å²) in [6.45, 7) is 5.11. The number of halogens is 1. The Hall–Kier alpha value is -1.03. The van der Waals surface area contributed by atoms with E-state index in [0.717, 1.165) is 18.1 Å². The smallest absolute Gasteiger partial charge is 0.193 e. The molecule has 2 aliphatic rings. The summed E-state index contributed by atoms with van der Waals surface area (Å²) in [4.78, 5) is 6.33. The first kappa shape index (κ1) is 20.3. The van der Waals surface area contributed by atoms with Crippen molar-refractivity contribution >= 4 is 39.8 Å². The molecular weight excluding hydrogens is 453 g/mol. The van der Waals surface area contributed by atoms with Gasteiger partial charge in [0, 0.05) is 26.6 Å². The number of benzene rings is 1. The van der Waals surface area contributed by atoms with E-state index in [1.54, 1.807) is 20.9 Å². The number of nitrogens with zero attached hydrogens (tertiary/aromatic N) is 2. The third-order valence-corrected chi connectivity index (χ3v) is 7.29. The summed E-state index contributed by atoms with van der Waals surface area (Å²) in [6, 6.07) is 8.07. The lowest BCUT2D eigenvalue weighted by atomic mass is 10.1. The number of guanidine groups is 1. The molecule has 0 aromatic heterocycles. The number of aliphatic imine (C=N–C) groups is 1. The van der Waals surface area contributed by atoms with E-state index in [9.17, 15) is 8.42 Å². The minimum absolute atomic E-state index is 0. The first-order valence-electron chi connectivity index (χ1n) is 8.25. The minimum atomic E-state index is -3.05. The fourth-order valence-corrected chi connectivity index (χ4v) is 4.60. The molecule has 25 heavy (non-hydrogen) atoms. The van der Waals surface area contributed by atoms with Gasteiger partial charge in [0.2, 0.25) is 0 Å². The van der Waals surface area contributed by atoms with Gasteiger partial charge in [-0.25, -0.2) is 8.42 Å². The molecule has 8 heteroatoms. The zero-order valence-corrected chi connectivity index (χ0v) is 18.0. The summed E-state index contributed by atoms with van der Waals surface area (Å²) in [5.41, 5.74) is 1.23. The average Bonchev–Trinajstić information content (AvgIpc) is 2.94. The van der Waals surface area contributed by atoms with Gasteiger partial charge in [0.25, 0.3) is 0 Å². The lowest BCUT2D eigenvalue weighted by Crippen LogP contribution is -2.57. The van der Waals surface area contributed by atoms with Crippen LogP contribution < -0.4 is 10.1 Å². The summed E-state index contributed by atoms with van der Waals surface area (Å²) in [5.74, 6) is 1.84. The van der Waals surface area contributed by atoms with Gasteiger partial charge in [-0.15, -0.1) is 24.0 Å². The van der Waals surface area contributed by atoms with Crippen molar-refractivity contribution in [3.05, 3.63) is 29.8 Å². The number of rotatable bonds is 2. The van der Waals surface area contributed by atoms with Gasteiger partial charge in [0.05, 0.1) is 17.0 Å². The molecule has 0 saturated carbocycles.